The summed E-state index contributed by atoms with van der Waals surface area (Å²) in [7, 11) is 0. The Bertz CT molecular complexity index is 1340. The van der Waals surface area contributed by atoms with Gasteiger partial charge in [-0.1, -0.05) is 72.8 Å². The number of amides is 1. The highest BCUT2D eigenvalue weighted by atomic mass is 16.3. The molecule has 0 spiro atoms. The fourth-order valence-corrected chi connectivity index (χ4v) is 3.67. The molecule has 0 aliphatic heterocycles. The van der Waals surface area contributed by atoms with E-state index in [1.165, 1.54) is 0 Å². The second-order valence-corrected chi connectivity index (χ2v) is 7.23. The van der Waals surface area contributed by atoms with Gasteiger partial charge in [0, 0.05) is 11.8 Å². The molecule has 0 radical (unpaired) electrons. The third-order valence-corrected chi connectivity index (χ3v) is 5.20. The highest BCUT2D eigenvalue weighted by molar-refractivity contribution is 6.04. The normalized spacial score (nSPS) is 11.1. The minimum atomic E-state index is -0.0344. The number of nitrogens with one attached hydrogen (secondary N) is 1. The molecule has 5 aromatic rings. The van der Waals surface area contributed by atoms with E-state index < -0.39 is 0 Å². The maximum absolute atomic E-state index is 12.6. The Labute approximate surface area is 174 Å². The first-order valence-corrected chi connectivity index (χ1v) is 9.99. The van der Waals surface area contributed by atoms with Crippen molar-refractivity contribution in [2.45, 2.75) is 12.8 Å². The van der Waals surface area contributed by atoms with E-state index in [2.05, 4.69) is 11.4 Å². The maximum Gasteiger partial charge on any atom is 0.229 e. The van der Waals surface area contributed by atoms with E-state index in [9.17, 15) is 4.79 Å². The summed E-state index contributed by atoms with van der Waals surface area (Å²) in [5.74, 6) is 0.466. The van der Waals surface area contributed by atoms with Crippen LogP contribution in [0.15, 0.2) is 95.4 Å². The van der Waals surface area contributed by atoms with Crippen LogP contribution >= 0.6 is 0 Å². The van der Waals surface area contributed by atoms with Crippen molar-refractivity contribution in [2.75, 3.05) is 5.32 Å². The SMILES string of the molecule is O=C(CCc1ccccc1)Nc1ccccc1-c1nc2c(ccc3ccccc32)o1. The Balaban J connectivity index is 1.43. The molecule has 0 saturated heterocycles. The molecule has 146 valence electrons. The molecule has 0 unspecified atom stereocenters. The average Bonchev–Trinajstić information content (AvgIpc) is 3.23. The van der Waals surface area contributed by atoms with Crippen LogP contribution < -0.4 is 5.32 Å². The van der Waals surface area contributed by atoms with Gasteiger partial charge in [0.2, 0.25) is 11.8 Å². The van der Waals surface area contributed by atoms with Gasteiger partial charge in [0.25, 0.3) is 0 Å². The van der Waals surface area contributed by atoms with Gasteiger partial charge in [-0.2, -0.15) is 0 Å². The molecule has 1 N–H and O–H groups in total. The number of anilines is 1. The summed E-state index contributed by atoms with van der Waals surface area (Å²) in [6.45, 7) is 0. The van der Waals surface area contributed by atoms with Gasteiger partial charge in [-0.05, 0) is 35.6 Å². The Morgan fingerprint density at radius 3 is 2.50 bits per heavy atom. The highest BCUT2D eigenvalue weighted by Crippen LogP contribution is 2.33. The lowest BCUT2D eigenvalue weighted by molar-refractivity contribution is -0.116. The van der Waals surface area contributed by atoms with Crippen molar-refractivity contribution in [2.24, 2.45) is 0 Å². The number of nitrogens with zero attached hydrogens (tertiary/aromatic N) is 1. The van der Waals surface area contributed by atoms with E-state index in [0.717, 1.165) is 33.0 Å². The van der Waals surface area contributed by atoms with Gasteiger partial charge in [-0.25, -0.2) is 4.98 Å². The second kappa shape index (κ2) is 7.84. The number of oxazole rings is 1. The fourth-order valence-electron chi connectivity index (χ4n) is 3.67. The van der Waals surface area contributed by atoms with Gasteiger partial charge in [-0.15, -0.1) is 0 Å². The summed E-state index contributed by atoms with van der Waals surface area (Å²) in [6, 6.07) is 29.7. The van der Waals surface area contributed by atoms with Gasteiger partial charge in [0.15, 0.2) is 5.58 Å². The molecule has 4 nitrogen and oxygen atoms in total. The van der Waals surface area contributed by atoms with Crippen LogP contribution in [0.4, 0.5) is 5.69 Å². The molecule has 4 aromatic carbocycles. The molecular weight excluding hydrogens is 372 g/mol. The Morgan fingerprint density at radius 1 is 0.833 bits per heavy atom. The molecule has 4 heteroatoms. The number of aryl methyl sites for hydroxylation is 1. The molecule has 0 fully saturated rings. The van der Waals surface area contributed by atoms with E-state index in [1.807, 2.05) is 84.9 Å². The van der Waals surface area contributed by atoms with Crippen LogP contribution in [0.25, 0.3) is 33.3 Å². The van der Waals surface area contributed by atoms with Crippen molar-refractivity contribution in [3.63, 3.8) is 0 Å². The zero-order valence-corrected chi connectivity index (χ0v) is 16.3. The quantitative estimate of drug-likeness (QED) is 0.386. The summed E-state index contributed by atoms with van der Waals surface area (Å²) in [5, 5.41) is 5.19. The summed E-state index contributed by atoms with van der Waals surface area (Å²) >= 11 is 0. The van der Waals surface area contributed by atoms with E-state index in [1.54, 1.807) is 0 Å². The fraction of sp³-hybridized carbons (Fsp3) is 0.0769. The number of benzene rings is 4. The largest absolute Gasteiger partial charge is 0.436 e. The van der Waals surface area contributed by atoms with Gasteiger partial charge in [0.05, 0.1) is 11.3 Å². The number of hydrogen-bond acceptors (Lipinski definition) is 3. The molecule has 1 heterocycles. The number of carbonyl (C=O) groups is 1. The van der Waals surface area contributed by atoms with E-state index in [0.29, 0.717) is 24.4 Å². The molecule has 0 atom stereocenters. The number of rotatable bonds is 5. The smallest absolute Gasteiger partial charge is 0.229 e. The van der Waals surface area contributed by atoms with Gasteiger partial charge >= 0.3 is 0 Å². The zero-order chi connectivity index (χ0) is 20.3. The Morgan fingerprint density at radius 2 is 1.60 bits per heavy atom. The zero-order valence-electron chi connectivity index (χ0n) is 16.3. The monoisotopic (exact) mass is 392 g/mol. The van der Waals surface area contributed by atoms with E-state index in [-0.39, 0.29) is 5.91 Å². The average molecular weight is 392 g/mol. The Hall–Kier alpha value is -3.92. The van der Waals surface area contributed by atoms with Crippen molar-refractivity contribution in [3.05, 3.63) is 96.6 Å². The van der Waals surface area contributed by atoms with Crippen LogP contribution in [-0.2, 0) is 11.2 Å². The van der Waals surface area contributed by atoms with E-state index in [4.69, 9.17) is 9.40 Å². The minimum absolute atomic E-state index is 0.0344. The molecule has 0 aliphatic rings. The third kappa shape index (κ3) is 3.55. The summed E-state index contributed by atoms with van der Waals surface area (Å²) in [5.41, 5.74) is 4.17. The highest BCUT2D eigenvalue weighted by Gasteiger charge is 2.15. The van der Waals surface area contributed by atoms with Gasteiger partial charge in [-0.3, -0.25) is 4.79 Å². The molecule has 0 aliphatic carbocycles. The number of para-hydroxylation sites is 1. The lowest BCUT2D eigenvalue weighted by atomic mass is 10.1. The molecule has 1 aromatic heterocycles. The van der Waals surface area contributed by atoms with Gasteiger partial charge in [0.1, 0.15) is 5.52 Å². The second-order valence-electron chi connectivity index (χ2n) is 7.23. The summed E-state index contributed by atoms with van der Waals surface area (Å²) < 4.78 is 6.05. The standard InChI is InChI=1S/C26H20N2O2/c29-24(17-14-18-8-2-1-3-9-18)27-22-13-7-6-12-21(22)26-28-25-20-11-5-4-10-19(20)15-16-23(25)30-26/h1-13,15-16H,14,17H2,(H,27,29). The number of hydrogen-bond donors (Lipinski definition) is 1. The maximum atomic E-state index is 12.6. The molecule has 0 bridgehead atoms. The summed E-state index contributed by atoms with van der Waals surface area (Å²) in [4.78, 5) is 17.3. The lowest BCUT2D eigenvalue weighted by Crippen LogP contribution is -2.13. The minimum Gasteiger partial charge on any atom is -0.436 e. The first-order chi connectivity index (χ1) is 14.8. The van der Waals surface area contributed by atoms with Crippen LogP contribution in [-0.4, -0.2) is 10.9 Å². The number of carbonyl (C=O) groups excluding carboxylic acids is 1. The van der Waals surface area contributed by atoms with Crippen LogP contribution in [0.2, 0.25) is 0 Å². The first-order valence-electron chi connectivity index (χ1n) is 9.99. The van der Waals surface area contributed by atoms with Crippen LogP contribution in [0.3, 0.4) is 0 Å². The summed E-state index contributed by atoms with van der Waals surface area (Å²) in [6.07, 6.45) is 1.11. The topological polar surface area (TPSA) is 55.1 Å². The lowest BCUT2D eigenvalue weighted by Gasteiger charge is -2.09. The number of fused-ring (bicyclic) bond motifs is 3. The first kappa shape index (κ1) is 18.1. The van der Waals surface area contributed by atoms with Crippen LogP contribution in [0.5, 0.6) is 0 Å². The molecular formula is C26H20N2O2. The van der Waals surface area contributed by atoms with Crippen molar-refractivity contribution < 1.29 is 9.21 Å². The van der Waals surface area contributed by atoms with Crippen LogP contribution in [0, 0.1) is 0 Å². The van der Waals surface area contributed by atoms with Crippen molar-refractivity contribution in [3.8, 4) is 11.5 Å². The predicted molar refractivity (Wildman–Crippen MR) is 120 cm³/mol. The van der Waals surface area contributed by atoms with E-state index >= 15 is 0 Å². The third-order valence-electron chi connectivity index (χ3n) is 5.20. The Kier molecular flexibility index (Phi) is 4.74. The molecule has 30 heavy (non-hydrogen) atoms. The van der Waals surface area contributed by atoms with Crippen molar-refractivity contribution in [1.29, 1.82) is 0 Å². The molecule has 0 saturated carbocycles. The van der Waals surface area contributed by atoms with Crippen LogP contribution in [0.1, 0.15) is 12.0 Å². The van der Waals surface area contributed by atoms with Crippen molar-refractivity contribution in [1.82, 2.24) is 4.98 Å². The molecule has 1 amide bonds. The predicted octanol–water partition coefficient (Wildman–Crippen LogP) is 6.22. The number of aromatic nitrogens is 1. The molecule has 5 rings (SSSR count). The van der Waals surface area contributed by atoms with Crippen molar-refractivity contribution >= 4 is 33.5 Å². The van der Waals surface area contributed by atoms with Gasteiger partial charge < -0.3 is 9.73 Å².